The van der Waals surface area contributed by atoms with E-state index in [-0.39, 0.29) is 16.7 Å². The molecule has 0 saturated carbocycles. The third kappa shape index (κ3) is 4.41. The highest BCUT2D eigenvalue weighted by Crippen LogP contribution is 2.24. The summed E-state index contributed by atoms with van der Waals surface area (Å²) in [7, 11) is 0. The fraction of sp³-hybridized carbons (Fsp3) is 0. The summed E-state index contributed by atoms with van der Waals surface area (Å²) in [6.07, 6.45) is 1.53. The molecule has 0 aliphatic carbocycles. The van der Waals surface area contributed by atoms with E-state index in [2.05, 4.69) is 0 Å². The maximum atomic E-state index is 13.9. The number of carbonyl (C=O) groups is 1. The zero-order chi connectivity index (χ0) is 19.2. The number of allylic oxidation sites excluding steroid dienone is 1. The van der Waals surface area contributed by atoms with Crippen molar-refractivity contribution in [2.75, 3.05) is 0 Å². The monoisotopic (exact) mass is 377 g/mol. The van der Waals surface area contributed by atoms with Gasteiger partial charge in [0.25, 0.3) is 0 Å². The highest BCUT2D eigenvalue weighted by molar-refractivity contribution is 6.33. The van der Waals surface area contributed by atoms with Crippen molar-refractivity contribution in [3.8, 4) is 11.8 Å². The lowest BCUT2D eigenvalue weighted by molar-refractivity contribution is 0.0735. The molecular weight excluding hydrogens is 365 g/mol. The number of halogens is 2. The van der Waals surface area contributed by atoms with Gasteiger partial charge in [-0.2, -0.15) is 5.26 Å². The lowest BCUT2D eigenvalue weighted by Crippen LogP contribution is -2.09. The number of ether oxygens (including phenoxy) is 1. The second-order valence-electron chi connectivity index (χ2n) is 5.59. The standard InChI is InChI=1S/C22H13ClFNO2/c23-20-10-3-1-9-19(20)22(26)27-17-7-5-6-15(13-17)12-16(14-25)18-8-2-4-11-21(18)24/h1-13H/b16-12-. The smallest absolute Gasteiger partial charge is 0.345 e. The van der Waals surface area contributed by atoms with Gasteiger partial charge in [0.1, 0.15) is 11.6 Å². The fourth-order valence-electron chi connectivity index (χ4n) is 2.47. The fourth-order valence-corrected chi connectivity index (χ4v) is 2.69. The lowest BCUT2D eigenvalue weighted by atomic mass is 10.0. The molecule has 3 rings (SSSR count). The molecule has 132 valence electrons. The number of hydrogen-bond donors (Lipinski definition) is 0. The van der Waals surface area contributed by atoms with Crippen molar-refractivity contribution in [1.29, 1.82) is 5.26 Å². The van der Waals surface area contributed by atoms with Crippen LogP contribution in [-0.4, -0.2) is 5.97 Å². The van der Waals surface area contributed by atoms with E-state index < -0.39 is 11.8 Å². The zero-order valence-electron chi connectivity index (χ0n) is 14.0. The van der Waals surface area contributed by atoms with Crippen LogP contribution in [0.25, 0.3) is 11.6 Å². The van der Waals surface area contributed by atoms with Gasteiger partial charge < -0.3 is 4.74 Å². The van der Waals surface area contributed by atoms with Crippen LogP contribution in [0.3, 0.4) is 0 Å². The summed E-state index contributed by atoms with van der Waals surface area (Å²) in [5.41, 5.74) is 1.23. The number of rotatable bonds is 4. The highest BCUT2D eigenvalue weighted by Gasteiger charge is 2.12. The van der Waals surface area contributed by atoms with Crippen LogP contribution in [0.4, 0.5) is 4.39 Å². The van der Waals surface area contributed by atoms with Crippen molar-refractivity contribution in [2.24, 2.45) is 0 Å². The third-order valence-electron chi connectivity index (χ3n) is 3.76. The molecule has 0 aliphatic heterocycles. The van der Waals surface area contributed by atoms with E-state index in [1.54, 1.807) is 60.7 Å². The van der Waals surface area contributed by atoms with Crippen molar-refractivity contribution in [3.05, 3.63) is 100 Å². The van der Waals surface area contributed by atoms with Crippen molar-refractivity contribution in [1.82, 2.24) is 0 Å². The molecule has 3 aromatic rings. The highest BCUT2D eigenvalue weighted by atomic mass is 35.5. The number of hydrogen-bond acceptors (Lipinski definition) is 3. The second-order valence-corrected chi connectivity index (χ2v) is 6.00. The molecule has 0 N–H and O–H groups in total. The minimum atomic E-state index is -0.587. The maximum Gasteiger partial charge on any atom is 0.345 e. The van der Waals surface area contributed by atoms with Crippen molar-refractivity contribution >= 4 is 29.2 Å². The lowest BCUT2D eigenvalue weighted by Gasteiger charge is -2.07. The molecule has 0 saturated heterocycles. The Hall–Kier alpha value is -3.42. The number of nitriles is 1. The van der Waals surface area contributed by atoms with E-state index in [9.17, 15) is 14.4 Å². The van der Waals surface area contributed by atoms with Crippen molar-refractivity contribution in [3.63, 3.8) is 0 Å². The molecule has 3 aromatic carbocycles. The molecule has 0 atom stereocenters. The summed E-state index contributed by atoms with van der Waals surface area (Å²) in [6, 6.07) is 21.2. The molecule has 5 heteroatoms. The molecular formula is C22H13ClFNO2. The molecule has 0 fully saturated rings. The summed E-state index contributed by atoms with van der Waals surface area (Å²) in [5.74, 6) is -0.776. The Kier molecular flexibility index (Phi) is 5.65. The van der Waals surface area contributed by atoms with Gasteiger partial charge in [0.05, 0.1) is 22.2 Å². The Balaban J connectivity index is 1.87. The number of nitrogens with zero attached hydrogens (tertiary/aromatic N) is 1. The minimum absolute atomic E-state index is 0.169. The molecule has 0 bridgehead atoms. The maximum absolute atomic E-state index is 13.9. The van der Waals surface area contributed by atoms with Gasteiger partial charge in [0, 0.05) is 5.56 Å². The molecule has 3 nitrogen and oxygen atoms in total. The van der Waals surface area contributed by atoms with Gasteiger partial charge in [-0.1, -0.05) is 54.1 Å². The molecule has 0 unspecified atom stereocenters. The molecule has 0 amide bonds. The average molecular weight is 378 g/mol. The van der Waals surface area contributed by atoms with Gasteiger partial charge >= 0.3 is 5.97 Å². The Morgan fingerprint density at radius 2 is 1.70 bits per heavy atom. The Morgan fingerprint density at radius 1 is 1.00 bits per heavy atom. The van der Waals surface area contributed by atoms with Crippen LogP contribution in [0.15, 0.2) is 72.8 Å². The number of carbonyl (C=O) groups excluding carboxylic acids is 1. The van der Waals surface area contributed by atoms with Gasteiger partial charge in [0.15, 0.2) is 0 Å². The first-order valence-corrected chi connectivity index (χ1v) is 8.40. The summed E-state index contributed by atoms with van der Waals surface area (Å²) < 4.78 is 19.3. The second kappa shape index (κ2) is 8.31. The van der Waals surface area contributed by atoms with Crippen LogP contribution >= 0.6 is 11.6 Å². The van der Waals surface area contributed by atoms with Gasteiger partial charge in [0.2, 0.25) is 0 Å². The van der Waals surface area contributed by atoms with Gasteiger partial charge in [-0.25, -0.2) is 9.18 Å². The van der Waals surface area contributed by atoms with Gasteiger partial charge in [-0.3, -0.25) is 0 Å². The average Bonchev–Trinajstić information content (AvgIpc) is 2.67. The van der Waals surface area contributed by atoms with Gasteiger partial charge in [-0.05, 0) is 42.0 Å². The topological polar surface area (TPSA) is 50.1 Å². The summed E-state index contributed by atoms with van der Waals surface area (Å²) in [4.78, 5) is 12.3. The van der Waals surface area contributed by atoms with E-state index in [1.807, 2.05) is 6.07 Å². The van der Waals surface area contributed by atoms with Gasteiger partial charge in [-0.15, -0.1) is 0 Å². The normalized spacial score (nSPS) is 10.9. The number of benzene rings is 3. The molecule has 0 heterocycles. The molecule has 27 heavy (non-hydrogen) atoms. The number of esters is 1. The van der Waals surface area contributed by atoms with E-state index in [4.69, 9.17) is 16.3 Å². The Bertz CT molecular complexity index is 1070. The van der Waals surface area contributed by atoms with E-state index in [0.29, 0.717) is 16.3 Å². The van der Waals surface area contributed by atoms with Crippen molar-refractivity contribution in [2.45, 2.75) is 0 Å². The zero-order valence-corrected chi connectivity index (χ0v) is 14.8. The first kappa shape index (κ1) is 18.4. The van der Waals surface area contributed by atoms with Crippen LogP contribution in [-0.2, 0) is 0 Å². The molecule has 0 spiro atoms. The van der Waals surface area contributed by atoms with Crippen LogP contribution in [0, 0.1) is 17.1 Å². The summed E-state index contributed by atoms with van der Waals surface area (Å²) in [5, 5.41) is 9.67. The van der Waals surface area contributed by atoms with Crippen LogP contribution < -0.4 is 4.74 Å². The summed E-state index contributed by atoms with van der Waals surface area (Å²) >= 11 is 6.00. The molecule has 0 aliphatic rings. The van der Waals surface area contributed by atoms with E-state index in [1.165, 1.54) is 18.2 Å². The SMILES string of the molecule is N#C/C(=C/c1cccc(OC(=O)c2ccccc2Cl)c1)c1ccccc1F. The molecule has 0 radical (unpaired) electrons. The van der Waals surface area contributed by atoms with E-state index in [0.717, 1.165) is 0 Å². The van der Waals surface area contributed by atoms with Crippen LogP contribution in [0.1, 0.15) is 21.5 Å². The molecule has 0 aromatic heterocycles. The Morgan fingerprint density at radius 3 is 2.41 bits per heavy atom. The predicted molar refractivity (Wildman–Crippen MR) is 103 cm³/mol. The Labute approximate surface area is 160 Å². The quantitative estimate of drug-likeness (QED) is 0.251. The first-order chi connectivity index (χ1) is 13.1. The van der Waals surface area contributed by atoms with Crippen LogP contribution in [0.2, 0.25) is 5.02 Å². The van der Waals surface area contributed by atoms with Crippen LogP contribution in [0.5, 0.6) is 5.75 Å². The van der Waals surface area contributed by atoms with Crippen molar-refractivity contribution < 1.29 is 13.9 Å². The van der Waals surface area contributed by atoms with E-state index >= 15 is 0 Å². The summed E-state index contributed by atoms with van der Waals surface area (Å²) in [6.45, 7) is 0. The first-order valence-electron chi connectivity index (χ1n) is 8.02. The predicted octanol–water partition coefficient (Wildman–Crippen LogP) is 5.76. The largest absolute Gasteiger partial charge is 0.423 e. The minimum Gasteiger partial charge on any atom is -0.423 e. The third-order valence-corrected chi connectivity index (χ3v) is 4.09.